The van der Waals surface area contributed by atoms with Crippen molar-refractivity contribution in [2.75, 3.05) is 32.1 Å². The van der Waals surface area contributed by atoms with Crippen LogP contribution in [0.15, 0.2) is 10.8 Å². The zero-order valence-corrected chi connectivity index (χ0v) is 16.2. The van der Waals surface area contributed by atoms with Gasteiger partial charge in [0.15, 0.2) is 5.82 Å². The molecule has 24 heavy (non-hydrogen) atoms. The van der Waals surface area contributed by atoms with Crippen LogP contribution in [0.25, 0.3) is 0 Å². The van der Waals surface area contributed by atoms with Crippen molar-refractivity contribution in [2.45, 2.75) is 39.2 Å². The van der Waals surface area contributed by atoms with Gasteiger partial charge in [-0.1, -0.05) is 0 Å². The molecule has 1 aromatic rings. The summed E-state index contributed by atoms with van der Waals surface area (Å²) in [7, 11) is 1.57. The minimum absolute atomic E-state index is 0.227. The number of ether oxygens (including phenoxy) is 2. The van der Waals surface area contributed by atoms with Crippen molar-refractivity contribution in [2.24, 2.45) is 5.92 Å². The lowest BCUT2D eigenvalue weighted by Gasteiger charge is -2.33. The Balaban J connectivity index is 1.80. The van der Waals surface area contributed by atoms with E-state index in [1.807, 2.05) is 20.8 Å². The molecule has 0 radical (unpaired) electrons. The monoisotopic (exact) mass is 400 g/mol. The lowest BCUT2D eigenvalue weighted by Crippen LogP contribution is -2.42. The molecule has 0 spiro atoms. The van der Waals surface area contributed by atoms with Crippen LogP contribution in [0.5, 0.6) is 5.88 Å². The molecule has 1 amide bonds. The number of nitrogens with zero attached hydrogens (tertiary/aromatic N) is 3. The Morgan fingerprint density at radius 1 is 1.42 bits per heavy atom. The molecule has 0 unspecified atom stereocenters. The van der Waals surface area contributed by atoms with Crippen LogP contribution < -0.4 is 10.1 Å². The van der Waals surface area contributed by atoms with Gasteiger partial charge < -0.3 is 19.7 Å². The van der Waals surface area contributed by atoms with Crippen molar-refractivity contribution >= 4 is 27.8 Å². The van der Waals surface area contributed by atoms with Gasteiger partial charge in [-0.25, -0.2) is 14.8 Å². The Morgan fingerprint density at radius 3 is 2.67 bits per heavy atom. The third-order valence-corrected chi connectivity index (χ3v) is 4.11. The number of nitrogens with one attached hydrogen (secondary N) is 1. The highest BCUT2D eigenvalue weighted by molar-refractivity contribution is 9.10. The van der Waals surface area contributed by atoms with E-state index in [1.165, 1.54) is 0 Å². The molecule has 0 atom stereocenters. The molecular weight excluding hydrogens is 376 g/mol. The summed E-state index contributed by atoms with van der Waals surface area (Å²) < 4.78 is 11.3. The van der Waals surface area contributed by atoms with Crippen LogP contribution in [0, 0.1) is 5.92 Å². The number of likely N-dealkylation sites (tertiary alicyclic amines) is 1. The van der Waals surface area contributed by atoms with Crippen molar-refractivity contribution in [3.63, 3.8) is 0 Å². The predicted octanol–water partition coefficient (Wildman–Crippen LogP) is 3.31. The highest BCUT2D eigenvalue weighted by Gasteiger charge is 2.26. The summed E-state index contributed by atoms with van der Waals surface area (Å²) >= 11 is 3.27. The molecule has 0 saturated carbocycles. The summed E-state index contributed by atoms with van der Waals surface area (Å²) in [6.45, 7) is 7.85. The SMILES string of the molecule is COc1nc(Br)cnc1NCC1CCN(C(=O)OC(C)(C)C)CC1. The lowest BCUT2D eigenvalue weighted by atomic mass is 9.97. The van der Waals surface area contributed by atoms with Crippen LogP contribution in [-0.2, 0) is 4.74 Å². The van der Waals surface area contributed by atoms with Crippen LogP contribution in [0.2, 0.25) is 0 Å². The molecule has 2 rings (SSSR count). The van der Waals surface area contributed by atoms with Crippen molar-refractivity contribution in [1.82, 2.24) is 14.9 Å². The van der Waals surface area contributed by atoms with Gasteiger partial charge in [-0.3, -0.25) is 0 Å². The Kier molecular flexibility index (Phi) is 6.26. The van der Waals surface area contributed by atoms with Gasteiger partial charge in [0.05, 0.1) is 13.3 Å². The molecule has 8 heteroatoms. The Labute approximate surface area is 151 Å². The van der Waals surface area contributed by atoms with Gasteiger partial charge in [0.1, 0.15) is 10.2 Å². The number of anilines is 1. The molecule has 0 aromatic carbocycles. The van der Waals surface area contributed by atoms with E-state index in [2.05, 4.69) is 31.2 Å². The fourth-order valence-corrected chi connectivity index (χ4v) is 2.77. The Hall–Kier alpha value is -1.57. The van der Waals surface area contributed by atoms with Crippen molar-refractivity contribution in [3.8, 4) is 5.88 Å². The lowest BCUT2D eigenvalue weighted by molar-refractivity contribution is 0.0188. The van der Waals surface area contributed by atoms with Gasteiger partial charge in [-0.15, -0.1) is 0 Å². The van der Waals surface area contributed by atoms with Gasteiger partial charge in [-0.2, -0.15) is 0 Å². The van der Waals surface area contributed by atoms with E-state index in [4.69, 9.17) is 9.47 Å². The molecule has 1 aromatic heterocycles. The Morgan fingerprint density at radius 2 is 2.08 bits per heavy atom. The first-order valence-corrected chi connectivity index (χ1v) is 8.86. The van der Waals surface area contributed by atoms with E-state index < -0.39 is 5.60 Å². The molecule has 134 valence electrons. The van der Waals surface area contributed by atoms with Gasteiger partial charge in [0.25, 0.3) is 5.88 Å². The second-order valence-electron chi connectivity index (χ2n) is 6.84. The van der Waals surface area contributed by atoms with E-state index in [9.17, 15) is 4.79 Å². The number of carbonyl (C=O) groups excluding carboxylic acids is 1. The number of piperidine rings is 1. The number of hydrogen-bond acceptors (Lipinski definition) is 6. The first kappa shape index (κ1) is 18.8. The molecule has 0 bridgehead atoms. The topological polar surface area (TPSA) is 76.6 Å². The predicted molar refractivity (Wildman–Crippen MR) is 95.3 cm³/mol. The molecule has 2 heterocycles. The number of carbonyl (C=O) groups is 1. The maximum Gasteiger partial charge on any atom is 0.410 e. The summed E-state index contributed by atoms with van der Waals surface area (Å²) in [4.78, 5) is 22.4. The first-order chi connectivity index (χ1) is 11.3. The molecule has 1 N–H and O–H groups in total. The largest absolute Gasteiger partial charge is 0.478 e. The standard InChI is InChI=1S/C16H25BrN4O3/c1-16(2,3)24-15(22)21-7-5-11(6-8-21)9-18-13-14(23-4)20-12(17)10-19-13/h10-11H,5-9H2,1-4H3,(H,18,19). The molecule has 1 fully saturated rings. The zero-order chi connectivity index (χ0) is 17.7. The summed E-state index contributed by atoms with van der Waals surface area (Å²) in [5.74, 6) is 1.57. The van der Waals surface area contributed by atoms with Crippen LogP contribution in [-0.4, -0.2) is 53.3 Å². The summed E-state index contributed by atoms with van der Waals surface area (Å²) in [5, 5.41) is 3.29. The average molecular weight is 401 g/mol. The van der Waals surface area contributed by atoms with Crippen LogP contribution >= 0.6 is 15.9 Å². The van der Waals surface area contributed by atoms with Gasteiger partial charge in [0.2, 0.25) is 0 Å². The van der Waals surface area contributed by atoms with E-state index in [1.54, 1.807) is 18.2 Å². The quantitative estimate of drug-likeness (QED) is 0.834. The summed E-state index contributed by atoms with van der Waals surface area (Å²) in [5.41, 5.74) is -0.452. The van der Waals surface area contributed by atoms with Crippen LogP contribution in [0.1, 0.15) is 33.6 Å². The molecule has 0 aliphatic carbocycles. The van der Waals surface area contributed by atoms with Crippen molar-refractivity contribution in [3.05, 3.63) is 10.8 Å². The van der Waals surface area contributed by atoms with Crippen molar-refractivity contribution < 1.29 is 14.3 Å². The average Bonchev–Trinajstić information content (AvgIpc) is 2.52. The van der Waals surface area contributed by atoms with Gasteiger partial charge in [0, 0.05) is 19.6 Å². The first-order valence-electron chi connectivity index (χ1n) is 8.07. The minimum Gasteiger partial charge on any atom is -0.478 e. The maximum atomic E-state index is 12.1. The third kappa shape index (κ3) is 5.51. The minimum atomic E-state index is -0.452. The highest BCUT2D eigenvalue weighted by atomic mass is 79.9. The van der Waals surface area contributed by atoms with E-state index in [-0.39, 0.29) is 6.09 Å². The fraction of sp³-hybridized carbons (Fsp3) is 0.688. The summed E-state index contributed by atoms with van der Waals surface area (Å²) in [6, 6.07) is 0. The second kappa shape index (κ2) is 8.00. The Bertz CT molecular complexity index is 569. The van der Waals surface area contributed by atoms with Crippen molar-refractivity contribution in [1.29, 1.82) is 0 Å². The third-order valence-electron chi connectivity index (χ3n) is 3.73. The van der Waals surface area contributed by atoms with E-state index in [0.717, 1.165) is 19.4 Å². The normalized spacial score (nSPS) is 16.0. The highest BCUT2D eigenvalue weighted by Crippen LogP contribution is 2.24. The second-order valence-corrected chi connectivity index (χ2v) is 7.65. The van der Waals surface area contributed by atoms with Crippen LogP contribution in [0.3, 0.4) is 0 Å². The number of aromatic nitrogens is 2. The molecule has 1 saturated heterocycles. The molecule has 1 aliphatic rings. The summed E-state index contributed by atoms with van der Waals surface area (Å²) in [6.07, 6.45) is 3.27. The smallest absolute Gasteiger partial charge is 0.410 e. The number of hydrogen-bond donors (Lipinski definition) is 1. The number of methoxy groups -OCH3 is 1. The zero-order valence-electron chi connectivity index (χ0n) is 14.6. The van der Waals surface area contributed by atoms with E-state index in [0.29, 0.717) is 35.3 Å². The number of halogens is 1. The number of rotatable bonds is 4. The maximum absolute atomic E-state index is 12.1. The fourth-order valence-electron chi connectivity index (χ4n) is 2.50. The van der Waals surface area contributed by atoms with Crippen LogP contribution in [0.4, 0.5) is 10.6 Å². The molecule has 1 aliphatic heterocycles. The molecule has 7 nitrogen and oxygen atoms in total. The van der Waals surface area contributed by atoms with Gasteiger partial charge >= 0.3 is 6.09 Å². The van der Waals surface area contributed by atoms with E-state index >= 15 is 0 Å². The van der Waals surface area contributed by atoms with Gasteiger partial charge in [-0.05, 0) is 55.5 Å². The molecular formula is C16H25BrN4O3. The number of amides is 1.